The Kier molecular flexibility index (Phi) is 12.2. The summed E-state index contributed by atoms with van der Waals surface area (Å²) in [5, 5.41) is 12.4. The van der Waals surface area contributed by atoms with Crippen LogP contribution in [0.25, 0.3) is 0 Å². The van der Waals surface area contributed by atoms with Crippen LogP contribution in [0.3, 0.4) is 0 Å². The Bertz CT molecular complexity index is 882. The van der Waals surface area contributed by atoms with Crippen molar-refractivity contribution in [1.29, 1.82) is 0 Å². The summed E-state index contributed by atoms with van der Waals surface area (Å²) in [4.78, 5) is 26.3. The van der Waals surface area contributed by atoms with Crippen LogP contribution in [-0.2, 0) is 22.4 Å². The number of amides is 2. The number of anilines is 1. The number of hydrogen-bond acceptors (Lipinski definition) is 3. The minimum atomic E-state index is -0.950. The van der Waals surface area contributed by atoms with Gasteiger partial charge in [-0.15, -0.1) is 0 Å². The van der Waals surface area contributed by atoms with Crippen LogP contribution in [0.1, 0.15) is 62.6 Å². The van der Waals surface area contributed by atoms with E-state index in [1.165, 1.54) is 19.3 Å². The van der Waals surface area contributed by atoms with Gasteiger partial charge >= 0.3 is 12.0 Å². The molecule has 0 aromatic heterocycles. The molecular formula is C28H40N2O4. The molecule has 0 aliphatic rings. The highest BCUT2D eigenvalue weighted by molar-refractivity contribution is 5.89. The maximum atomic E-state index is 13.0. The lowest BCUT2D eigenvalue weighted by Gasteiger charge is -2.23. The van der Waals surface area contributed by atoms with Crippen LogP contribution in [0.5, 0.6) is 0 Å². The minimum absolute atomic E-state index is 0.0854. The van der Waals surface area contributed by atoms with Crippen LogP contribution in [0.4, 0.5) is 10.5 Å². The summed E-state index contributed by atoms with van der Waals surface area (Å²) in [7, 11) is 0. The average molecular weight is 469 g/mol. The lowest BCUT2D eigenvalue weighted by molar-refractivity contribution is -0.149. The third-order valence-corrected chi connectivity index (χ3v) is 5.85. The van der Waals surface area contributed by atoms with Gasteiger partial charge in [0.25, 0.3) is 0 Å². The number of carboxylic acids is 1. The van der Waals surface area contributed by atoms with Gasteiger partial charge in [0, 0.05) is 31.8 Å². The van der Waals surface area contributed by atoms with Crippen molar-refractivity contribution in [3.63, 3.8) is 0 Å². The van der Waals surface area contributed by atoms with E-state index in [0.29, 0.717) is 32.5 Å². The van der Waals surface area contributed by atoms with Gasteiger partial charge in [-0.3, -0.25) is 0 Å². The second-order valence-electron chi connectivity index (χ2n) is 8.75. The number of aliphatic carboxylic acids is 1. The van der Waals surface area contributed by atoms with Crippen LogP contribution in [0.15, 0.2) is 48.5 Å². The molecule has 1 atom stereocenters. The van der Waals surface area contributed by atoms with Gasteiger partial charge in [0.2, 0.25) is 0 Å². The molecule has 6 heteroatoms. The van der Waals surface area contributed by atoms with Crippen molar-refractivity contribution in [1.82, 2.24) is 4.90 Å². The van der Waals surface area contributed by atoms with Crippen molar-refractivity contribution < 1.29 is 19.4 Å². The SMILES string of the molecule is CCCCCCCN(CCc1cccc(CC(OCC)C(=O)O)c1)C(=O)Nc1ccc(C)cc1. The number of carbonyl (C=O) groups is 2. The van der Waals surface area contributed by atoms with Gasteiger partial charge < -0.3 is 20.1 Å². The smallest absolute Gasteiger partial charge is 0.333 e. The predicted molar refractivity (Wildman–Crippen MR) is 137 cm³/mol. The first-order chi connectivity index (χ1) is 16.4. The summed E-state index contributed by atoms with van der Waals surface area (Å²) < 4.78 is 5.35. The number of benzene rings is 2. The first-order valence-electron chi connectivity index (χ1n) is 12.5. The molecule has 6 nitrogen and oxygen atoms in total. The van der Waals surface area contributed by atoms with Crippen molar-refractivity contribution in [2.45, 2.75) is 71.8 Å². The number of hydrogen-bond donors (Lipinski definition) is 2. The normalized spacial score (nSPS) is 11.7. The average Bonchev–Trinajstić information content (AvgIpc) is 2.82. The first kappa shape index (κ1) is 27.4. The van der Waals surface area contributed by atoms with Crippen molar-refractivity contribution in [2.24, 2.45) is 0 Å². The molecular weight excluding hydrogens is 428 g/mol. The second-order valence-corrected chi connectivity index (χ2v) is 8.75. The number of unbranched alkanes of at least 4 members (excludes halogenated alkanes) is 4. The fraction of sp³-hybridized carbons (Fsp3) is 0.500. The third kappa shape index (κ3) is 9.96. The second kappa shape index (κ2) is 15.1. The molecule has 0 saturated carbocycles. The monoisotopic (exact) mass is 468 g/mol. The fourth-order valence-corrected chi connectivity index (χ4v) is 3.87. The van der Waals surface area contributed by atoms with Crippen LogP contribution < -0.4 is 5.32 Å². The number of carbonyl (C=O) groups excluding carboxylic acids is 1. The van der Waals surface area contributed by atoms with Crippen LogP contribution in [0, 0.1) is 6.92 Å². The van der Waals surface area contributed by atoms with E-state index in [1.807, 2.05) is 60.4 Å². The summed E-state index contributed by atoms with van der Waals surface area (Å²) >= 11 is 0. The highest BCUT2D eigenvalue weighted by Crippen LogP contribution is 2.14. The zero-order valence-electron chi connectivity index (χ0n) is 20.9. The van der Waals surface area contributed by atoms with E-state index in [9.17, 15) is 14.7 Å². The quantitative estimate of drug-likeness (QED) is 0.311. The molecule has 2 aromatic carbocycles. The zero-order chi connectivity index (χ0) is 24.8. The number of urea groups is 1. The lowest BCUT2D eigenvalue weighted by Crippen LogP contribution is -2.37. The molecule has 2 amide bonds. The highest BCUT2D eigenvalue weighted by atomic mass is 16.5. The Morgan fingerprint density at radius 2 is 1.68 bits per heavy atom. The largest absolute Gasteiger partial charge is 0.479 e. The summed E-state index contributed by atoms with van der Waals surface area (Å²) in [6.45, 7) is 7.69. The Morgan fingerprint density at radius 3 is 2.35 bits per heavy atom. The molecule has 0 aliphatic carbocycles. The molecule has 0 spiro atoms. The van der Waals surface area contributed by atoms with Gasteiger partial charge in [0.1, 0.15) is 0 Å². The summed E-state index contributed by atoms with van der Waals surface area (Å²) in [5.74, 6) is -0.950. The van der Waals surface area contributed by atoms with E-state index in [0.717, 1.165) is 35.2 Å². The molecule has 0 saturated heterocycles. The van der Waals surface area contributed by atoms with Gasteiger partial charge in [-0.1, -0.05) is 74.6 Å². The van der Waals surface area contributed by atoms with Gasteiger partial charge in [-0.25, -0.2) is 9.59 Å². The molecule has 1 unspecified atom stereocenters. The van der Waals surface area contributed by atoms with Crippen LogP contribution in [-0.4, -0.2) is 47.8 Å². The van der Waals surface area contributed by atoms with E-state index in [2.05, 4.69) is 12.2 Å². The minimum Gasteiger partial charge on any atom is -0.479 e. The molecule has 0 fully saturated rings. The standard InChI is InChI=1S/C28H40N2O4/c1-4-6-7-8-9-18-30(28(33)29-25-15-13-22(3)14-16-25)19-17-23-11-10-12-24(20-23)21-26(27(31)32)34-5-2/h10-16,20,26H,4-9,17-19,21H2,1-3H3,(H,29,33)(H,31,32). The summed E-state index contributed by atoms with van der Waals surface area (Å²) in [6, 6.07) is 15.7. The fourth-order valence-electron chi connectivity index (χ4n) is 3.87. The van der Waals surface area contributed by atoms with Gasteiger partial charge in [-0.2, -0.15) is 0 Å². The number of ether oxygens (including phenoxy) is 1. The molecule has 2 N–H and O–H groups in total. The van der Waals surface area contributed by atoms with Gasteiger partial charge in [0.15, 0.2) is 6.10 Å². The lowest BCUT2D eigenvalue weighted by atomic mass is 10.0. The molecule has 0 bridgehead atoms. The number of aryl methyl sites for hydroxylation is 1. The maximum absolute atomic E-state index is 13.0. The molecule has 0 radical (unpaired) electrons. The highest BCUT2D eigenvalue weighted by Gasteiger charge is 2.18. The molecule has 186 valence electrons. The number of nitrogens with one attached hydrogen (secondary N) is 1. The Labute approximate surface area is 204 Å². The number of rotatable bonds is 15. The number of carboxylic acid groups (broad SMARTS) is 1. The zero-order valence-corrected chi connectivity index (χ0v) is 20.9. The first-order valence-corrected chi connectivity index (χ1v) is 12.5. The van der Waals surface area contributed by atoms with Gasteiger partial charge in [-0.05, 0) is 49.9 Å². The summed E-state index contributed by atoms with van der Waals surface area (Å²) in [5.41, 5.74) is 3.95. The molecule has 34 heavy (non-hydrogen) atoms. The van der Waals surface area contributed by atoms with Crippen LogP contribution in [0.2, 0.25) is 0 Å². The molecule has 0 heterocycles. The predicted octanol–water partition coefficient (Wildman–Crippen LogP) is 6.07. The maximum Gasteiger partial charge on any atom is 0.333 e. The molecule has 2 rings (SSSR count). The van der Waals surface area contributed by atoms with Crippen molar-refractivity contribution in [3.8, 4) is 0 Å². The Hall–Kier alpha value is -2.86. The molecule has 2 aromatic rings. The topological polar surface area (TPSA) is 78.9 Å². The van der Waals surface area contributed by atoms with Gasteiger partial charge in [0.05, 0.1) is 0 Å². The van der Waals surface area contributed by atoms with Crippen LogP contribution >= 0.6 is 0 Å². The van der Waals surface area contributed by atoms with Crippen molar-refractivity contribution >= 4 is 17.7 Å². The third-order valence-electron chi connectivity index (χ3n) is 5.85. The van der Waals surface area contributed by atoms with E-state index < -0.39 is 12.1 Å². The van der Waals surface area contributed by atoms with E-state index in [4.69, 9.17) is 4.74 Å². The van der Waals surface area contributed by atoms with E-state index >= 15 is 0 Å². The van der Waals surface area contributed by atoms with Crippen molar-refractivity contribution in [2.75, 3.05) is 25.0 Å². The van der Waals surface area contributed by atoms with E-state index in [-0.39, 0.29) is 6.03 Å². The molecule has 0 aliphatic heterocycles. The Balaban J connectivity index is 2.01. The number of nitrogens with zero attached hydrogens (tertiary/aromatic N) is 1. The Morgan fingerprint density at radius 1 is 0.971 bits per heavy atom. The van der Waals surface area contributed by atoms with Crippen molar-refractivity contribution in [3.05, 3.63) is 65.2 Å². The summed E-state index contributed by atoms with van der Waals surface area (Å²) in [6.07, 6.45) is 5.89. The van der Waals surface area contributed by atoms with E-state index in [1.54, 1.807) is 6.92 Å².